The highest BCUT2D eigenvalue weighted by atomic mass is 19.1. The van der Waals surface area contributed by atoms with Gasteiger partial charge in [0.05, 0.1) is 0 Å². The van der Waals surface area contributed by atoms with E-state index in [-0.39, 0.29) is 17.8 Å². The molecule has 2 N–H and O–H groups in total. The van der Waals surface area contributed by atoms with Crippen molar-refractivity contribution in [1.29, 1.82) is 0 Å². The number of amides is 1. The first-order chi connectivity index (χ1) is 7.65. The Morgan fingerprint density at radius 2 is 2.00 bits per heavy atom. The Morgan fingerprint density at radius 1 is 1.38 bits per heavy atom. The molecule has 1 amide bonds. The van der Waals surface area contributed by atoms with Crippen LogP contribution in [0, 0.1) is 5.82 Å². The van der Waals surface area contributed by atoms with Crippen LogP contribution in [-0.2, 0) is 4.79 Å². The van der Waals surface area contributed by atoms with E-state index in [9.17, 15) is 9.18 Å². The number of halogens is 1. The summed E-state index contributed by atoms with van der Waals surface area (Å²) in [4.78, 5) is 11.6. The third kappa shape index (κ3) is 2.95. The quantitative estimate of drug-likeness (QED) is 0.817. The van der Waals surface area contributed by atoms with E-state index in [1.807, 2.05) is 0 Å². The fourth-order valence-electron chi connectivity index (χ4n) is 1.42. The van der Waals surface area contributed by atoms with E-state index in [0.717, 1.165) is 18.5 Å². The van der Waals surface area contributed by atoms with Crippen molar-refractivity contribution in [2.24, 2.45) is 0 Å². The zero-order chi connectivity index (χ0) is 11.5. The second-order valence-corrected chi connectivity index (χ2v) is 4.16. The van der Waals surface area contributed by atoms with Gasteiger partial charge in [0, 0.05) is 11.7 Å². The molecule has 0 bridgehead atoms. The highest BCUT2D eigenvalue weighted by molar-refractivity contribution is 5.84. The topological polar surface area (TPSA) is 41.1 Å². The molecule has 0 heterocycles. The Labute approximate surface area is 94.0 Å². The van der Waals surface area contributed by atoms with E-state index in [2.05, 4.69) is 10.6 Å². The number of hydrogen-bond acceptors (Lipinski definition) is 2. The standard InChI is InChI=1S/C12H15FN2O/c1-8(12(16)15-11-6-7-11)14-10-4-2-9(13)3-5-10/h2-5,8,11,14H,6-7H2,1H3,(H,15,16). The van der Waals surface area contributed by atoms with E-state index in [4.69, 9.17) is 0 Å². The molecule has 1 fully saturated rings. The van der Waals surface area contributed by atoms with E-state index in [1.54, 1.807) is 19.1 Å². The SMILES string of the molecule is CC(Nc1ccc(F)cc1)C(=O)NC1CC1. The third-order valence-electron chi connectivity index (χ3n) is 2.54. The second-order valence-electron chi connectivity index (χ2n) is 4.16. The molecule has 1 saturated carbocycles. The van der Waals surface area contributed by atoms with E-state index in [0.29, 0.717) is 6.04 Å². The van der Waals surface area contributed by atoms with Crippen molar-refractivity contribution in [2.45, 2.75) is 31.8 Å². The summed E-state index contributed by atoms with van der Waals surface area (Å²) in [6, 6.07) is 6.05. The Hall–Kier alpha value is -1.58. The van der Waals surface area contributed by atoms with Gasteiger partial charge in [-0.2, -0.15) is 0 Å². The van der Waals surface area contributed by atoms with Crippen LogP contribution in [0.15, 0.2) is 24.3 Å². The first-order valence-electron chi connectivity index (χ1n) is 5.47. The van der Waals surface area contributed by atoms with Gasteiger partial charge in [0.1, 0.15) is 11.9 Å². The molecule has 3 nitrogen and oxygen atoms in total. The molecule has 0 aliphatic heterocycles. The summed E-state index contributed by atoms with van der Waals surface area (Å²) in [5, 5.41) is 5.93. The minimum atomic E-state index is -0.300. The maximum atomic E-state index is 12.7. The highest BCUT2D eigenvalue weighted by Gasteiger charge is 2.25. The lowest BCUT2D eigenvalue weighted by molar-refractivity contribution is -0.121. The van der Waals surface area contributed by atoms with Gasteiger partial charge in [-0.3, -0.25) is 4.79 Å². The molecule has 0 spiro atoms. The number of carbonyl (C=O) groups is 1. The number of hydrogen-bond donors (Lipinski definition) is 2. The monoisotopic (exact) mass is 222 g/mol. The van der Waals surface area contributed by atoms with Crippen LogP contribution in [0.2, 0.25) is 0 Å². The smallest absolute Gasteiger partial charge is 0.242 e. The second kappa shape index (κ2) is 4.51. The van der Waals surface area contributed by atoms with Crippen LogP contribution in [0.1, 0.15) is 19.8 Å². The summed E-state index contributed by atoms with van der Waals surface area (Å²) in [6.45, 7) is 1.79. The van der Waals surface area contributed by atoms with Gasteiger partial charge < -0.3 is 10.6 Å². The molecule has 1 aliphatic carbocycles. The van der Waals surface area contributed by atoms with Gasteiger partial charge in [-0.05, 0) is 44.0 Å². The summed E-state index contributed by atoms with van der Waals surface area (Å²) in [5.41, 5.74) is 0.750. The molecule has 86 valence electrons. The maximum absolute atomic E-state index is 12.7. The minimum absolute atomic E-state index is 0.00757. The van der Waals surface area contributed by atoms with E-state index in [1.165, 1.54) is 12.1 Å². The Bertz CT molecular complexity index is 373. The van der Waals surface area contributed by atoms with Crippen molar-refractivity contribution in [1.82, 2.24) is 5.32 Å². The molecular formula is C12H15FN2O. The van der Waals surface area contributed by atoms with Crippen LogP contribution in [-0.4, -0.2) is 18.0 Å². The largest absolute Gasteiger partial charge is 0.374 e. The average Bonchev–Trinajstić information content (AvgIpc) is 3.05. The normalized spacial score (nSPS) is 16.6. The molecule has 1 aromatic rings. The predicted octanol–water partition coefficient (Wildman–Crippen LogP) is 1.90. The number of benzene rings is 1. The lowest BCUT2D eigenvalue weighted by Gasteiger charge is -2.14. The van der Waals surface area contributed by atoms with Crippen molar-refractivity contribution < 1.29 is 9.18 Å². The van der Waals surface area contributed by atoms with Crippen LogP contribution in [0.3, 0.4) is 0 Å². The third-order valence-corrected chi connectivity index (χ3v) is 2.54. The molecule has 1 atom stereocenters. The van der Waals surface area contributed by atoms with E-state index < -0.39 is 0 Å². The van der Waals surface area contributed by atoms with Crippen LogP contribution in [0.4, 0.5) is 10.1 Å². The van der Waals surface area contributed by atoms with E-state index >= 15 is 0 Å². The molecular weight excluding hydrogens is 207 g/mol. The highest BCUT2D eigenvalue weighted by Crippen LogP contribution is 2.19. The number of rotatable bonds is 4. The molecule has 0 saturated heterocycles. The van der Waals surface area contributed by atoms with Crippen molar-refractivity contribution in [3.05, 3.63) is 30.1 Å². The van der Waals surface area contributed by atoms with Crippen LogP contribution < -0.4 is 10.6 Å². The van der Waals surface area contributed by atoms with Gasteiger partial charge in [-0.1, -0.05) is 0 Å². The lowest BCUT2D eigenvalue weighted by atomic mass is 10.2. The fourth-order valence-corrected chi connectivity index (χ4v) is 1.42. The molecule has 0 radical (unpaired) electrons. The fraction of sp³-hybridized carbons (Fsp3) is 0.417. The Morgan fingerprint density at radius 3 is 2.56 bits per heavy atom. The van der Waals surface area contributed by atoms with Gasteiger partial charge in [0.15, 0.2) is 0 Å². The first kappa shape index (κ1) is 10.9. The molecule has 1 aromatic carbocycles. The van der Waals surface area contributed by atoms with Crippen LogP contribution in [0.25, 0.3) is 0 Å². The summed E-state index contributed by atoms with van der Waals surface area (Å²) in [7, 11) is 0. The van der Waals surface area contributed by atoms with Gasteiger partial charge in [0.25, 0.3) is 0 Å². The average molecular weight is 222 g/mol. The predicted molar refractivity (Wildman–Crippen MR) is 60.6 cm³/mol. The summed E-state index contributed by atoms with van der Waals surface area (Å²) >= 11 is 0. The van der Waals surface area contributed by atoms with Gasteiger partial charge >= 0.3 is 0 Å². The summed E-state index contributed by atoms with van der Waals surface area (Å²) in [6.07, 6.45) is 2.16. The molecule has 2 rings (SSSR count). The van der Waals surface area contributed by atoms with Crippen molar-refractivity contribution in [2.75, 3.05) is 5.32 Å². The summed E-state index contributed by atoms with van der Waals surface area (Å²) in [5.74, 6) is -0.285. The zero-order valence-electron chi connectivity index (χ0n) is 9.16. The molecule has 4 heteroatoms. The number of nitrogens with one attached hydrogen (secondary N) is 2. The molecule has 0 aromatic heterocycles. The van der Waals surface area contributed by atoms with Gasteiger partial charge in [0.2, 0.25) is 5.91 Å². The number of carbonyl (C=O) groups excluding carboxylic acids is 1. The van der Waals surface area contributed by atoms with Crippen molar-refractivity contribution in [3.63, 3.8) is 0 Å². The Balaban J connectivity index is 1.87. The minimum Gasteiger partial charge on any atom is -0.374 e. The first-order valence-corrected chi connectivity index (χ1v) is 5.47. The van der Waals surface area contributed by atoms with Gasteiger partial charge in [-0.25, -0.2) is 4.39 Å². The molecule has 16 heavy (non-hydrogen) atoms. The van der Waals surface area contributed by atoms with Crippen LogP contribution in [0.5, 0.6) is 0 Å². The summed E-state index contributed by atoms with van der Waals surface area (Å²) < 4.78 is 12.7. The molecule has 1 aliphatic rings. The number of anilines is 1. The maximum Gasteiger partial charge on any atom is 0.242 e. The zero-order valence-corrected chi connectivity index (χ0v) is 9.16. The van der Waals surface area contributed by atoms with Crippen molar-refractivity contribution in [3.8, 4) is 0 Å². The van der Waals surface area contributed by atoms with Crippen molar-refractivity contribution >= 4 is 11.6 Å². The lowest BCUT2D eigenvalue weighted by Crippen LogP contribution is -2.38. The Kier molecular flexibility index (Phi) is 3.08. The van der Waals surface area contributed by atoms with Gasteiger partial charge in [-0.15, -0.1) is 0 Å². The van der Waals surface area contributed by atoms with Crippen LogP contribution >= 0.6 is 0 Å². The molecule has 1 unspecified atom stereocenters.